The highest BCUT2D eigenvalue weighted by Crippen LogP contribution is 2.16. The normalized spacial score (nSPS) is 12.3. The van der Waals surface area contributed by atoms with E-state index < -0.39 is 6.10 Å². The van der Waals surface area contributed by atoms with Crippen LogP contribution in [0.5, 0.6) is 0 Å². The Bertz CT molecular complexity index is 1150. The average Bonchev–Trinajstić information content (AvgIpc) is 3.31. The number of ether oxygens (including phenoxy) is 3. The van der Waals surface area contributed by atoms with Gasteiger partial charge < -0.3 is 14.2 Å². The molecule has 0 aliphatic heterocycles. The van der Waals surface area contributed by atoms with Crippen molar-refractivity contribution in [1.82, 2.24) is 0 Å². The van der Waals surface area contributed by atoms with E-state index in [1.807, 2.05) is 0 Å². The molecular weight excluding hydrogens is 817 g/mol. The first-order valence-electron chi connectivity index (χ1n) is 28.6. The van der Waals surface area contributed by atoms with Gasteiger partial charge in [0.1, 0.15) is 13.2 Å². The molecule has 0 rings (SSSR count). The van der Waals surface area contributed by atoms with Crippen LogP contribution in [0, 0.1) is 0 Å². The van der Waals surface area contributed by atoms with Crippen molar-refractivity contribution in [2.75, 3.05) is 13.2 Å². The zero-order valence-corrected chi connectivity index (χ0v) is 44.0. The number of carbonyl (C=O) groups excluding carboxylic acids is 3. The van der Waals surface area contributed by atoms with Gasteiger partial charge in [0.15, 0.2) is 6.10 Å². The number of hydrogen-bond donors (Lipinski definition) is 0. The van der Waals surface area contributed by atoms with Gasteiger partial charge >= 0.3 is 17.9 Å². The molecule has 1 unspecified atom stereocenters. The summed E-state index contributed by atoms with van der Waals surface area (Å²) < 4.78 is 16.8. The molecule has 384 valence electrons. The molecule has 0 spiro atoms. The van der Waals surface area contributed by atoms with Gasteiger partial charge in [0, 0.05) is 19.3 Å². The lowest BCUT2D eigenvalue weighted by Gasteiger charge is -2.18. The molecule has 0 saturated carbocycles. The second kappa shape index (κ2) is 55.0. The molecule has 0 bridgehead atoms. The summed E-state index contributed by atoms with van der Waals surface area (Å²) in [6.45, 7) is 6.53. The molecule has 0 aromatic rings. The van der Waals surface area contributed by atoms with Crippen molar-refractivity contribution >= 4 is 17.9 Å². The Morgan fingerprint density at radius 1 is 0.318 bits per heavy atom. The molecule has 0 fully saturated rings. The van der Waals surface area contributed by atoms with Crippen LogP contribution in [0.1, 0.15) is 297 Å². The van der Waals surface area contributed by atoms with Crippen molar-refractivity contribution < 1.29 is 28.6 Å². The summed E-state index contributed by atoms with van der Waals surface area (Å²) >= 11 is 0. The lowest BCUT2D eigenvalue weighted by atomic mass is 10.0. The van der Waals surface area contributed by atoms with Gasteiger partial charge in [-0.3, -0.25) is 14.4 Å². The van der Waals surface area contributed by atoms with Crippen LogP contribution >= 0.6 is 0 Å². The zero-order chi connectivity index (χ0) is 47.9. The highest BCUT2D eigenvalue weighted by atomic mass is 16.6. The summed E-state index contributed by atoms with van der Waals surface area (Å²) in [5.41, 5.74) is 0. The predicted molar refractivity (Wildman–Crippen MR) is 284 cm³/mol. The fourth-order valence-electron chi connectivity index (χ4n) is 8.32. The fourth-order valence-corrected chi connectivity index (χ4v) is 8.32. The molecular formula is C60H108O6. The van der Waals surface area contributed by atoms with Gasteiger partial charge in [-0.2, -0.15) is 0 Å². The lowest BCUT2D eigenvalue weighted by Crippen LogP contribution is -2.30. The standard InChI is InChI=1S/C60H108O6/c1-4-7-10-13-16-19-21-23-24-25-26-27-28-29-30-31-32-33-34-35-36-37-39-41-44-47-50-53-59(62)65-56-57(55-64-58(61)52-49-46-43-40-18-15-12-9-6-3)66-60(63)54-51-48-45-42-38-22-20-17-14-11-8-5-2/h7,10,16,19,23-24,26-27,57H,4-6,8-9,11-15,17-18,20-22,25,28-56H2,1-3H3/b10-7-,19-16-,24-23-,27-26-. The lowest BCUT2D eigenvalue weighted by molar-refractivity contribution is -0.167. The average molecular weight is 926 g/mol. The van der Waals surface area contributed by atoms with Gasteiger partial charge in [-0.25, -0.2) is 0 Å². The summed E-state index contributed by atoms with van der Waals surface area (Å²) in [6, 6.07) is 0. The van der Waals surface area contributed by atoms with E-state index in [0.717, 1.165) is 83.5 Å². The van der Waals surface area contributed by atoms with Gasteiger partial charge in [-0.05, 0) is 57.8 Å². The molecule has 0 aromatic heterocycles. The third-order valence-corrected chi connectivity index (χ3v) is 12.6. The highest BCUT2D eigenvalue weighted by molar-refractivity contribution is 5.71. The third-order valence-electron chi connectivity index (χ3n) is 12.6. The van der Waals surface area contributed by atoms with Crippen molar-refractivity contribution in [3.63, 3.8) is 0 Å². The molecule has 6 nitrogen and oxygen atoms in total. The summed E-state index contributed by atoms with van der Waals surface area (Å²) in [5, 5.41) is 0. The fraction of sp³-hybridized carbons (Fsp3) is 0.817. The SMILES string of the molecule is CC/C=C\C/C=C\C/C=C\C/C=C\CCCCCCCCCCCCCCCCC(=O)OCC(COC(=O)CCCCCCCCCCC)OC(=O)CCCCCCCCCCCCCC. The Morgan fingerprint density at radius 2 is 0.591 bits per heavy atom. The number of allylic oxidation sites excluding steroid dienone is 8. The van der Waals surface area contributed by atoms with E-state index in [2.05, 4.69) is 69.4 Å². The van der Waals surface area contributed by atoms with Crippen molar-refractivity contribution in [2.45, 2.75) is 303 Å². The van der Waals surface area contributed by atoms with Crippen LogP contribution in [0.4, 0.5) is 0 Å². The first-order chi connectivity index (χ1) is 32.5. The van der Waals surface area contributed by atoms with E-state index >= 15 is 0 Å². The van der Waals surface area contributed by atoms with Crippen LogP contribution in [0.25, 0.3) is 0 Å². The molecule has 0 radical (unpaired) electrons. The molecule has 1 atom stereocenters. The first-order valence-corrected chi connectivity index (χ1v) is 28.6. The van der Waals surface area contributed by atoms with Crippen molar-refractivity contribution in [1.29, 1.82) is 0 Å². The van der Waals surface area contributed by atoms with Crippen LogP contribution in [0.15, 0.2) is 48.6 Å². The second-order valence-corrected chi connectivity index (χ2v) is 19.2. The Kier molecular flexibility index (Phi) is 52.8. The maximum atomic E-state index is 12.8. The molecule has 6 heteroatoms. The maximum absolute atomic E-state index is 12.8. The number of unbranched alkanes of at least 4 members (excludes halogenated alkanes) is 33. The largest absolute Gasteiger partial charge is 0.462 e. The topological polar surface area (TPSA) is 78.9 Å². The van der Waals surface area contributed by atoms with E-state index in [4.69, 9.17) is 14.2 Å². The van der Waals surface area contributed by atoms with Gasteiger partial charge in [0.05, 0.1) is 0 Å². The minimum absolute atomic E-state index is 0.0680. The van der Waals surface area contributed by atoms with E-state index in [1.54, 1.807) is 0 Å². The van der Waals surface area contributed by atoms with Crippen LogP contribution in [-0.4, -0.2) is 37.2 Å². The van der Waals surface area contributed by atoms with Gasteiger partial charge in [0.2, 0.25) is 0 Å². The Labute approximate surface area is 409 Å². The van der Waals surface area contributed by atoms with Gasteiger partial charge in [0.25, 0.3) is 0 Å². The minimum atomic E-state index is -0.766. The monoisotopic (exact) mass is 925 g/mol. The number of esters is 3. The summed E-state index contributed by atoms with van der Waals surface area (Å²) in [7, 11) is 0. The Balaban J connectivity index is 4.11. The molecule has 0 aliphatic carbocycles. The van der Waals surface area contributed by atoms with Crippen molar-refractivity contribution in [2.24, 2.45) is 0 Å². The van der Waals surface area contributed by atoms with E-state index in [0.29, 0.717) is 19.3 Å². The van der Waals surface area contributed by atoms with Crippen LogP contribution in [0.3, 0.4) is 0 Å². The van der Waals surface area contributed by atoms with Crippen LogP contribution < -0.4 is 0 Å². The molecule has 0 aromatic carbocycles. The van der Waals surface area contributed by atoms with Gasteiger partial charge in [-0.1, -0.05) is 268 Å². The Hall–Kier alpha value is -2.63. The van der Waals surface area contributed by atoms with Crippen molar-refractivity contribution in [3.8, 4) is 0 Å². The molecule has 66 heavy (non-hydrogen) atoms. The van der Waals surface area contributed by atoms with E-state index in [9.17, 15) is 14.4 Å². The maximum Gasteiger partial charge on any atom is 0.306 e. The van der Waals surface area contributed by atoms with Gasteiger partial charge in [-0.15, -0.1) is 0 Å². The van der Waals surface area contributed by atoms with E-state index in [-0.39, 0.29) is 31.1 Å². The quantitative estimate of drug-likeness (QED) is 0.0262. The van der Waals surface area contributed by atoms with Crippen LogP contribution in [0.2, 0.25) is 0 Å². The third kappa shape index (κ3) is 52.3. The molecule has 0 N–H and O–H groups in total. The summed E-state index contributed by atoms with van der Waals surface area (Å²) in [6.07, 6.45) is 66.9. The molecule has 0 aliphatic rings. The van der Waals surface area contributed by atoms with Crippen molar-refractivity contribution in [3.05, 3.63) is 48.6 Å². The smallest absolute Gasteiger partial charge is 0.306 e. The predicted octanol–water partition coefficient (Wildman–Crippen LogP) is 19.0. The summed E-state index contributed by atoms with van der Waals surface area (Å²) in [5.74, 6) is -0.858. The second-order valence-electron chi connectivity index (χ2n) is 19.2. The number of carbonyl (C=O) groups is 3. The molecule has 0 amide bonds. The Morgan fingerprint density at radius 3 is 0.924 bits per heavy atom. The van der Waals surface area contributed by atoms with E-state index in [1.165, 1.54) is 173 Å². The number of hydrogen-bond acceptors (Lipinski definition) is 6. The zero-order valence-electron chi connectivity index (χ0n) is 44.0. The minimum Gasteiger partial charge on any atom is -0.462 e. The number of rotatable bonds is 52. The summed E-state index contributed by atoms with van der Waals surface area (Å²) in [4.78, 5) is 37.9. The molecule has 0 saturated heterocycles. The highest BCUT2D eigenvalue weighted by Gasteiger charge is 2.19. The first kappa shape index (κ1) is 63.4. The van der Waals surface area contributed by atoms with Crippen LogP contribution in [-0.2, 0) is 28.6 Å². The molecule has 0 heterocycles.